The highest BCUT2D eigenvalue weighted by Crippen LogP contribution is 2.35. The van der Waals surface area contributed by atoms with Crippen LogP contribution in [0.5, 0.6) is 0 Å². The van der Waals surface area contributed by atoms with Gasteiger partial charge in [0.05, 0.1) is 5.39 Å². The van der Waals surface area contributed by atoms with Crippen LogP contribution in [0.25, 0.3) is 11.0 Å². The second kappa shape index (κ2) is 8.75. The number of hydrogen-bond donors (Lipinski definition) is 3. The Bertz CT molecular complexity index is 1130. The summed E-state index contributed by atoms with van der Waals surface area (Å²) in [6, 6.07) is 4.78. The summed E-state index contributed by atoms with van der Waals surface area (Å²) < 4.78 is 14.3. The standard InChI is InChI=1S/C22H23Cl2FN6O/c23-13-6-14(24)8-16(7-13)29-19(12-3-4-12)22(32)30-15-2-1-5-31(10-15)21-18-17(25)9-26-20(18)27-11-28-21/h6-9,11-12,15,19,29H,1-5,10H2,(H,30,32)(H,26,27,28)/t15-,19-/m1/s1. The lowest BCUT2D eigenvalue weighted by atomic mass is 10.0. The zero-order chi connectivity index (χ0) is 22.2. The molecule has 1 saturated carbocycles. The Morgan fingerprint density at radius 2 is 1.97 bits per heavy atom. The quantitative estimate of drug-likeness (QED) is 0.491. The molecule has 10 heteroatoms. The topological polar surface area (TPSA) is 85.9 Å². The molecule has 7 nitrogen and oxygen atoms in total. The van der Waals surface area contributed by atoms with Crippen molar-refractivity contribution in [2.75, 3.05) is 23.3 Å². The number of nitrogens with zero attached hydrogens (tertiary/aromatic N) is 3. The summed E-state index contributed by atoms with van der Waals surface area (Å²) >= 11 is 12.2. The smallest absolute Gasteiger partial charge is 0.243 e. The number of carbonyl (C=O) groups is 1. The number of rotatable bonds is 6. The molecule has 168 valence electrons. The Labute approximate surface area is 194 Å². The number of halogens is 3. The third kappa shape index (κ3) is 4.47. The van der Waals surface area contributed by atoms with E-state index in [0.29, 0.717) is 33.4 Å². The molecule has 1 aliphatic heterocycles. The van der Waals surface area contributed by atoms with Crippen LogP contribution in [0.3, 0.4) is 0 Å². The average molecular weight is 477 g/mol. The SMILES string of the molecule is O=C(N[C@@H]1CCCN(c2ncnc3[nH]cc(F)c23)C1)[C@H](Nc1cc(Cl)cc(Cl)c1)C1CC1. The molecule has 0 bridgehead atoms. The number of aromatic amines is 1. The minimum absolute atomic E-state index is 0.0453. The number of benzene rings is 1. The lowest BCUT2D eigenvalue weighted by Crippen LogP contribution is -2.52. The zero-order valence-corrected chi connectivity index (χ0v) is 18.8. The minimum atomic E-state index is -0.375. The fourth-order valence-electron chi connectivity index (χ4n) is 4.37. The Hall–Kier alpha value is -2.58. The number of carbonyl (C=O) groups excluding carboxylic acids is 1. The molecule has 2 aromatic heterocycles. The third-order valence-electron chi connectivity index (χ3n) is 6.03. The van der Waals surface area contributed by atoms with Crippen LogP contribution in [0.15, 0.2) is 30.7 Å². The van der Waals surface area contributed by atoms with Gasteiger partial charge < -0.3 is 20.5 Å². The normalized spacial score (nSPS) is 19.7. The molecule has 3 N–H and O–H groups in total. The van der Waals surface area contributed by atoms with Gasteiger partial charge in [0.2, 0.25) is 5.91 Å². The van der Waals surface area contributed by atoms with E-state index in [1.54, 1.807) is 18.2 Å². The van der Waals surface area contributed by atoms with Gasteiger partial charge in [0.1, 0.15) is 23.8 Å². The Balaban J connectivity index is 1.29. The van der Waals surface area contributed by atoms with Crippen molar-refractivity contribution in [2.24, 2.45) is 5.92 Å². The molecule has 2 atom stereocenters. The van der Waals surface area contributed by atoms with Crippen molar-refractivity contribution in [3.8, 4) is 0 Å². The van der Waals surface area contributed by atoms with E-state index in [1.165, 1.54) is 12.5 Å². The van der Waals surface area contributed by atoms with Crippen molar-refractivity contribution >= 4 is 51.6 Å². The zero-order valence-electron chi connectivity index (χ0n) is 17.2. The van der Waals surface area contributed by atoms with E-state index >= 15 is 0 Å². The van der Waals surface area contributed by atoms with Gasteiger partial charge in [-0.05, 0) is 49.8 Å². The Morgan fingerprint density at radius 3 is 2.72 bits per heavy atom. The van der Waals surface area contributed by atoms with Gasteiger partial charge in [-0.3, -0.25) is 4.79 Å². The molecule has 0 radical (unpaired) electrons. The van der Waals surface area contributed by atoms with Gasteiger partial charge in [-0.1, -0.05) is 23.2 Å². The van der Waals surface area contributed by atoms with Crippen LogP contribution >= 0.6 is 23.2 Å². The molecule has 3 heterocycles. The molecule has 2 fully saturated rings. The highest BCUT2D eigenvalue weighted by atomic mass is 35.5. The molecular weight excluding hydrogens is 454 g/mol. The van der Waals surface area contributed by atoms with Crippen molar-refractivity contribution in [3.63, 3.8) is 0 Å². The molecular formula is C22H23Cl2FN6O. The van der Waals surface area contributed by atoms with Crippen LogP contribution in [0, 0.1) is 11.7 Å². The van der Waals surface area contributed by atoms with E-state index in [0.717, 1.165) is 37.9 Å². The highest BCUT2D eigenvalue weighted by molar-refractivity contribution is 6.35. The number of nitrogens with one attached hydrogen (secondary N) is 3. The Kier molecular flexibility index (Phi) is 5.82. The summed E-state index contributed by atoms with van der Waals surface area (Å²) in [7, 11) is 0. The minimum Gasteiger partial charge on any atom is -0.373 e. The number of aromatic nitrogens is 3. The number of amides is 1. The lowest BCUT2D eigenvalue weighted by molar-refractivity contribution is -0.123. The molecule has 32 heavy (non-hydrogen) atoms. The lowest BCUT2D eigenvalue weighted by Gasteiger charge is -2.35. The van der Waals surface area contributed by atoms with E-state index < -0.39 is 0 Å². The highest BCUT2D eigenvalue weighted by Gasteiger charge is 2.37. The first-order valence-corrected chi connectivity index (χ1v) is 11.5. The summed E-state index contributed by atoms with van der Waals surface area (Å²) in [6.07, 6.45) is 6.45. The summed E-state index contributed by atoms with van der Waals surface area (Å²) in [4.78, 5) is 26.5. The second-order valence-corrected chi connectivity index (χ2v) is 9.34. The van der Waals surface area contributed by atoms with E-state index in [-0.39, 0.29) is 29.7 Å². The van der Waals surface area contributed by atoms with E-state index in [9.17, 15) is 9.18 Å². The van der Waals surface area contributed by atoms with E-state index in [1.807, 2.05) is 4.90 Å². The largest absolute Gasteiger partial charge is 0.373 e. The molecule has 0 spiro atoms. The van der Waals surface area contributed by atoms with Gasteiger partial charge in [0.15, 0.2) is 5.82 Å². The van der Waals surface area contributed by atoms with Crippen LogP contribution in [0.2, 0.25) is 10.0 Å². The van der Waals surface area contributed by atoms with Crippen LogP contribution in [0.1, 0.15) is 25.7 Å². The van der Waals surface area contributed by atoms with E-state index in [4.69, 9.17) is 23.2 Å². The van der Waals surface area contributed by atoms with Crippen molar-refractivity contribution < 1.29 is 9.18 Å². The maximum Gasteiger partial charge on any atom is 0.243 e. The van der Waals surface area contributed by atoms with E-state index in [2.05, 4.69) is 25.6 Å². The first kappa shape index (κ1) is 21.3. The fourth-order valence-corrected chi connectivity index (χ4v) is 4.90. The summed E-state index contributed by atoms with van der Waals surface area (Å²) in [5.74, 6) is 0.414. The summed E-state index contributed by atoms with van der Waals surface area (Å²) in [5, 5.41) is 7.93. The molecule has 2 aliphatic rings. The number of hydrogen-bond acceptors (Lipinski definition) is 5. The van der Waals surface area contributed by atoms with Gasteiger partial charge in [-0.2, -0.15) is 0 Å². The maximum absolute atomic E-state index is 14.3. The first-order valence-electron chi connectivity index (χ1n) is 10.7. The van der Waals surface area contributed by atoms with Crippen molar-refractivity contribution in [3.05, 3.63) is 46.6 Å². The van der Waals surface area contributed by atoms with Gasteiger partial charge in [-0.25, -0.2) is 14.4 Å². The summed E-state index contributed by atoms with van der Waals surface area (Å²) in [6.45, 7) is 1.30. The van der Waals surface area contributed by atoms with Crippen molar-refractivity contribution in [1.82, 2.24) is 20.3 Å². The Morgan fingerprint density at radius 1 is 1.19 bits per heavy atom. The van der Waals surface area contributed by atoms with Crippen LogP contribution < -0.4 is 15.5 Å². The molecule has 1 aliphatic carbocycles. The predicted octanol–water partition coefficient (Wildman–Crippen LogP) is 4.38. The second-order valence-electron chi connectivity index (χ2n) is 8.47. The van der Waals surface area contributed by atoms with Crippen LogP contribution in [-0.2, 0) is 4.79 Å². The van der Waals surface area contributed by atoms with Gasteiger partial charge in [0.25, 0.3) is 0 Å². The monoisotopic (exact) mass is 476 g/mol. The third-order valence-corrected chi connectivity index (χ3v) is 6.47. The molecule has 1 aromatic carbocycles. The molecule has 1 amide bonds. The molecule has 5 rings (SSSR count). The average Bonchev–Trinajstić information content (AvgIpc) is 3.53. The number of anilines is 2. The first-order chi connectivity index (χ1) is 15.5. The molecule has 3 aromatic rings. The number of fused-ring (bicyclic) bond motifs is 1. The summed E-state index contributed by atoms with van der Waals surface area (Å²) in [5.41, 5.74) is 1.20. The van der Waals surface area contributed by atoms with Crippen LogP contribution in [0.4, 0.5) is 15.9 Å². The number of piperidine rings is 1. The molecule has 0 unspecified atom stereocenters. The maximum atomic E-state index is 14.3. The predicted molar refractivity (Wildman–Crippen MR) is 124 cm³/mol. The molecule has 1 saturated heterocycles. The van der Waals surface area contributed by atoms with Crippen LogP contribution in [-0.4, -0.2) is 46.0 Å². The van der Waals surface area contributed by atoms with Crippen molar-refractivity contribution in [2.45, 2.75) is 37.8 Å². The van der Waals surface area contributed by atoms with Gasteiger partial charge in [-0.15, -0.1) is 0 Å². The number of H-pyrrole nitrogens is 1. The van der Waals surface area contributed by atoms with Gasteiger partial charge >= 0.3 is 0 Å². The van der Waals surface area contributed by atoms with Gasteiger partial charge in [0, 0.05) is 41.1 Å². The fraction of sp³-hybridized carbons (Fsp3) is 0.409. The van der Waals surface area contributed by atoms with Crippen molar-refractivity contribution in [1.29, 1.82) is 0 Å².